The number of ether oxygens (including phenoxy) is 2. The van der Waals surface area contributed by atoms with E-state index in [-0.39, 0.29) is 22.8 Å². The monoisotopic (exact) mass is 490 g/mol. The minimum absolute atomic E-state index is 0.162. The number of carbonyl (C=O) groups is 3. The van der Waals surface area contributed by atoms with E-state index in [0.717, 1.165) is 16.5 Å². The lowest BCUT2D eigenvalue weighted by Crippen LogP contribution is -2.44. The predicted octanol–water partition coefficient (Wildman–Crippen LogP) is 4.60. The van der Waals surface area contributed by atoms with Gasteiger partial charge in [-0.15, -0.1) is 0 Å². The third-order valence-corrected chi connectivity index (χ3v) is 5.89. The van der Waals surface area contributed by atoms with E-state index < -0.39 is 24.5 Å². The largest absolute Gasteiger partial charge is 0.497 e. The van der Waals surface area contributed by atoms with Crippen LogP contribution in [0.25, 0.3) is 10.9 Å². The van der Waals surface area contributed by atoms with Crippen LogP contribution < -0.4 is 10.1 Å². The lowest BCUT2D eigenvalue weighted by Gasteiger charge is -2.18. The first kappa shape index (κ1) is 24.0. The fraction of sp³-hybridized carbons (Fsp3) is 0.148. The maximum absolute atomic E-state index is 13.0. The molecule has 0 spiro atoms. The zero-order valence-electron chi connectivity index (χ0n) is 18.9. The Bertz CT molecular complexity index is 1360. The molecule has 0 saturated carbocycles. The van der Waals surface area contributed by atoms with Crippen molar-refractivity contribution in [3.05, 3.63) is 101 Å². The van der Waals surface area contributed by atoms with Crippen LogP contribution >= 0.6 is 11.6 Å². The number of fused-ring (bicyclic) bond motifs is 1. The summed E-state index contributed by atoms with van der Waals surface area (Å²) in [5.41, 5.74) is 2.34. The van der Waals surface area contributed by atoms with Crippen LogP contribution in [0.4, 0.5) is 0 Å². The molecule has 4 aromatic rings. The van der Waals surface area contributed by atoms with Gasteiger partial charge in [-0.3, -0.25) is 9.59 Å². The number of amides is 1. The van der Waals surface area contributed by atoms with Gasteiger partial charge < -0.3 is 19.8 Å². The van der Waals surface area contributed by atoms with E-state index >= 15 is 0 Å². The van der Waals surface area contributed by atoms with Gasteiger partial charge in [0.1, 0.15) is 11.8 Å². The second-order valence-electron chi connectivity index (χ2n) is 7.83. The molecule has 4 rings (SSSR count). The fourth-order valence-electron chi connectivity index (χ4n) is 3.69. The highest BCUT2D eigenvalue weighted by Gasteiger charge is 2.26. The standard InChI is InChI=1S/C27H23ClN2O5/c1-34-19-12-10-17(11-13-19)25(31)16-35-27(33)24(30-26(32)21-7-2-4-8-22(21)28)14-18-15-29-23-9-5-3-6-20(18)23/h2-13,15,24,29H,14,16H2,1H3,(H,30,32)/t24-/m1/s1. The highest BCUT2D eigenvalue weighted by atomic mass is 35.5. The molecule has 35 heavy (non-hydrogen) atoms. The number of ketones is 1. The number of carbonyl (C=O) groups excluding carboxylic acids is 3. The molecular formula is C27H23ClN2O5. The first-order valence-electron chi connectivity index (χ1n) is 10.9. The van der Waals surface area contributed by atoms with Gasteiger partial charge in [-0.05, 0) is 48.0 Å². The lowest BCUT2D eigenvalue weighted by molar-refractivity contribution is -0.144. The Hall–Kier alpha value is -4.10. The quantitative estimate of drug-likeness (QED) is 0.264. The van der Waals surface area contributed by atoms with Gasteiger partial charge in [-0.2, -0.15) is 0 Å². The van der Waals surface area contributed by atoms with Crippen LogP contribution in [-0.4, -0.2) is 42.4 Å². The molecule has 1 heterocycles. The van der Waals surface area contributed by atoms with Crippen LogP contribution in [0.5, 0.6) is 5.75 Å². The lowest BCUT2D eigenvalue weighted by atomic mass is 10.0. The van der Waals surface area contributed by atoms with E-state index in [1.807, 2.05) is 24.3 Å². The Balaban J connectivity index is 1.51. The molecule has 0 saturated heterocycles. The van der Waals surface area contributed by atoms with E-state index in [1.165, 1.54) is 7.11 Å². The Labute approximate surface area is 207 Å². The van der Waals surface area contributed by atoms with Gasteiger partial charge in [0.05, 0.1) is 17.7 Å². The summed E-state index contributed by atoms with van der Waals surface area (Å²) in [6.45, 7) is -0.461. The molecule has 0 aliphatic heterocycles. The maximum Gasteiger partial charge on any atom is 0.329 e. The number of H-pyrrole nitrogens is 1. The summed E-state index contributed by atoms with van der Waals surface area (Å²) in [6, 6.07) is 19.6. The van der Waals surface area contributed by atoms with Gasteiger partial charge in [0.15, 0.2) is 12.4 Å². The number of hydrogen-bond acceptors (Lipinski definition) is 5. The van der Waals surface area contributed by atoms with Crippen molar-refractivity contribution in [2.24, 2.45) is 0 Å². The number of rotatable bonds is 9. The van der Waals surface area contributed by atoms with E-state index in [4.69, 9.17) is 21.1 Å². The predicted molar refractivity (Wildman–Crippen MR) is 133 cm³/mol. The SMILES string of the molecule is COc1ccc(C(=O)COC(=O)[C@@H](Cc2c[nH]c3ccccc23)NC(=O)c2ccccc2Cl)cc1. The number of halogens is 1. The number of nitrogens with one attached hydrogen (secondary N) is 2. The van der Waals surface area contributed by atoms with Crippen molar-refractivity contribution in [3.8, 4) is 5.75 Å². The Morgan fingerprint density at radius 2 is 1.69 bits per heavy atom. The third-order valence-electron chi connectivity index (χ3n) is 5.56. The van der Waals surface area contributed by atoms with Gasteiger partial charge in [0.25, 0.3) is 5.91 Å². The maximum atomic E-state index is 13.0. The smallest absolute Gasteiger partial charge is 0.329 e. The second-order valence-corrected chi connectivity index (χ2v) is 8.24. The number of Topliss-reactive ketones (excluding diaryl/α,β-unsaturated/α-hetero) is 1. The van der Waals surface area contributed by atoms with Crippen molar-refractivity contribution in [2.75, 3.05) is 13.7 Å². The van der Waals surface area contributed by atoms with Gasteiger partial charge in [-0.1, -0.05) is 41.9 Å². The van der Waals surface area contributed by atoms with Crippen molar-refractivity contribution in [1.82, 2.24) is 10.3 Å². The average molecular weight is 491 g/mol. The van der Waals surface area contributed by atoms with Crippen molar-refractivity contribution < 1.29 is 23.9 Å². The van der Waals surface area contributed by atoms with Crippen LogP contribution in [-0.2, 0) is 16.0 Å². The van der Waals surface area contributed by atoms with Gasteiger partial charge >= 0.3 is 5.97 Å². The molecular weight excluding hydrogens is 468 g/mol. The summed E-state index contributed by atoms with van der Waals surface area (Å²) < 4.78 is 10.4. The van der Waals surface area contributed by atoms with Crippen molar-refractivity contribution in [1.29, 1.82) is 0 Å². The average Bonchev–Trinajstić information content (AvgIpc) is 3.29. The summed E-state index contributed by atoms with van der Waals surface area (Å²) in [5.74, 6) is -1.000. The molecule has 0 unspecified atom stereocenters. The van der Waals surface area contributed by atoms with Crippen molar-refractivity contribution >= 4 is 40.2 Å². The van der Waals surface area contributed by atoms with Gasteiger partial charge in [0.2, 0.25) is 0 Å². The van der Waals surface area contributed by atoms with Crippen LogP contribution in [0.2, 0.25) is 5.02 Å². The summed E-state index contributed by atoms with van der Waals surface area (Å²) in [4.78, 5) is 41.6. The topological polar surface area (TPSA) is 97.5 Å². The highest BCUT2D eigenvalue weighted by molar-refractivity contribution is 6.33. The minimum atomic E-state index is -1.04. The first-order chi connectivity index (χ1) is 17.0. The summed E-state index contributed by atoms with van der Waals surface area (Å²) in [5, 5.41) is 3.90. The number of aromatic amines is 1. The molecule has 0 fully saturated rings. The molecule has 0 radical (unpaired) electrons. The fourth-order valence-corrected chi connectivity index (χ4v) is 3.91. The van der Waals surface area contributed by atoms with E-state index in [1.54, 1.807) is 54.7 Å². The highest BCUT2D eigenvalue weighted by Crippen LogP contribution is 2.21. The molecule has 3 aromatic carbocycles. The Morgan fingerprint density at radius 1 is 0.971 bits per heavy atom. The van der Waals surface area contributed by atoms with Crippen molar-refractivity contribution in [3.63, 3.8) is 0 Å². The Morgan fingerprint density at radius 3 is 2.43 bits per heavy atom. The van der Waals surface area contributed by atoms with E-state index in [9.17, 15) is 14.4 Å². The third kappa shape index (κ3) is 5.70. The number of hydrogen-bond donors (Lipinski definition) is 2. The Kier molecular flexibility index (Phi) is 7.48. The molecule has 178 valence electrons. The molecule has 0 bridgehead atoms. The molecule has 0 aliphatic rings. The van der Waals surface area contributed by atoms with Gasteiger partial charge in [0, 0.05) is 29.1 Å². The molecule has 7 nitrogen and oxygen atoms in total. The van der Waals surface area contributed by atoms with Gasteiger partial charge in [-0.25, -0.2) is 4.79 Å². The van der Waals surface area contributed by atoms with Crippen LogP contribution in [0.1, 0.15) is 26.3 Å². The normalized spacial score (nSPS) is 11.6. The molecule has 2 N–H and O–H groups in total. The molecule has 1 aromatic heterocycles. The summed E-state index contributed by atoms with van der Waals surface area (Å²) >= 11 is 6.16. The van der Waals surface area contributed by atoms with E-state index in [0.29, 0.717) is 11.3 Å². The minimum Gasteiger partial charge on any atom is -0.497 e. The number of benzene rings is 3. The number of aromatic nitrogens is 1. The number of esters is 1. The zero-order valence-corrected chi connectivity index (χ0v) is 19.7. The number of methoxy groups -OCH3 is 1. The first-order valence-corrected chi connectivity index (χ1v) is 11.3. The number of para-hydroxylation sites is 1. The van der Waals surface area contributed by atoms with Crippen LogP contribution in [0, 0.1) is 0 Å². The summed E-state index contributed by atoms with van der Waals surface area (Å²) in [6.07, 6.45) is 1.95. The molecule has 1 amide bonds. The van der Waals surface area contributed by atoms with Crippen LogP contribution in [0.15, 0.2) is 79.0 Å². The molecule has 1 atom stereocenters. The van der Waals surface area contributed by atoms with E-state index in [2.05, 4.69) is 10.3 Å². The van der Waals surface area contributed by atoms with Crippen LogP contribution in [0.3, 0.4) is 0 Å². The van der Waals surface area contributed by atoms with Crippen molar-refractivity contribution in [2.45, 2.75) is 12.5 Å². The zero-order chi connectivity index (χ0) is 24.8. The molecule has 0 aliphatic carbocycles. The second kappa shape index (κ2) is 10.9. The summed E-state index contributed by atoms with van der Waals surface area (Å²) in [7, 11) is 1.53. The molecule has 8 heteroatoms.